The van der Waals surface area contributed by atoms with E-state index in [0.717, 1.165) is 12.3 Å². The molecular weight excluding hydrogens is 416 g/mol. The van der Waals surface area contributed by atoms with E-state index in [1.54, 1.807) is 7.11 Å². The Labute approximate surface area is 205 Å². The molecule has 0 radical (unpaired) electrons. The summed E-state index contributed by atoms with van der Waals surface area (Å²) in [6.07, 6.45) is 1.28. The Morgan fingerprint density at radius 2 is 1.59 bits per heavy atom. The molecule has 1 unspecified atom stereocenters. The van der Waals surface area contributed by atoms with Crippen LogP contribution in [0.25, 0.3) is 0 Å². The van der Waals surface area contributed by atoms with Gasteiger partial charge in [-0.1, -0.05) is 93.6 Å². The molecule has 4 atom stereocenters. The van der Waals surface area contributed by atoms with Gasteiger partial charge in [0, 0.05) is 36.7 Å². The van der Waals surface area contributed by atoms with Crippen LogP contribution in [-0.4, -0.2) is 37.2 Å². The number of hydrogen-bond acceptors (Lipinski definition) is 3. The van der Waals surface area contributed by atoms with Crippen molar-refractivity contribution in [2.75, 3.05) is 20.2 Å². The number of nitrogens with one attached hydrogen (secondary N) is 1. The average Bonchev–Trinajstić information content (AvgIpc) is 3.46. The number of hydrogen-bond donors (Lipinski definition) is 1. The van der Waals surface area contributed by atoms with Gasteiger partial charge in [0.25, 0.3) is 0 Å². The molecule has 34 heavy (non-hydrogen) atoms. The van der Waals surface area contributed by atoms with Crippen LogP contribution in [0.15, 0.2) is 78.9 Å². The molecule has 0 saturated carbocycles. The monoisotopic (exact) mass is 454 g/mol. The number of rotatable bonds is 7. The molecule has 5 rings (SSSR count). The molecule has 2 heterocycles. The maximum absolute atomic E-state index is 5.75. The minimum absolute atomic E-state index is 0.118. The zero-order chi connectivity index (χ0) is 23.7. The first-order valence-corrected chi connectivity index (χ1v) is 12.7. The highest BCUT2D eigenvalue weighted by molar-refractivity contribution is 5.40. The molecule has 0 spiro atoms. The minimum Gasteiger partial charge on any atom is -0.496 e. The van der Waals surface area contributed by atoms with Gasteiger partial charge >= 0.3 is 0 Å². The molecule has 2 saturated heterocycles. The van der Waals surface area contributed by atoms with Crippen LogP contribution in [0.3, 0.4) is 0 Å². The Kier molecular flexibility index (Phi) is 6.50. The molecule has 1 N–H and O–H groups in total. The summed E-state index contributed by atoms with van der Waals surface area (Å²) in [5, 5.41) is 4.03. The SMILES string of the molecule is COc1ccc(C(C)(C)C)cc1CN[C@H]1[C@H]2CCN(C2)[C@H]1C(c1ccccc1)c1ccccc1. The summed E-state index contributed by atoms with van der Waals surface area (Å²) in [6.45, 7) is 10.0. The first-order chi connectivity index (χ1) is 16.5. The van der Waals surface area contributed by atoms with Crippen LogP contribution in [0.2, 0.25) is 0 Å². The van der Waals surface area contributed by atoms with Gasteiger partial charge in [-0.05, 0) is 47.1 Å². The van der Waals surface area contributed by atoms with Crippen LogP contribution in [0.1, 0.15) is 55.4 Å². The maximum atomic E-state index is 5.75. The van der Waals surface area contributed by atoms with E-state index in [9.17, 15) is 0 Å². The first-order valence-electron chi connectivity index (χ1n) is 12.7. The van der Waals surface area contributed by atoms with Gasteiger partial charge in [-0.25, -0.2) is 0 Å². The molecule has 178 valence electrons. The van der Waals surface area contributed by atoms with Crippen LogP contribution in [0.5, 0.6) is 5.75 Å². The first kappa shape index (κ1) is 23.1. The fourth-order valence-electron chi connectivity index (χ4n) is 6.11. The second-order valence-electron chi connectivity index (χ2n) is 11.0. The van der Waals surface area contributed by atoms with Gasteiger partial charge in [-0.15, -0.1) is 0 Å². The standard InChI is InChI=1S/C31H38N2O/c1-31(2,3)26-15-16-27(34-4)25(19-26)20-32-29-24-17-18-33(21-24)30(29)28(22-11-7-5-8-12-22)23-13-9-6-10-14-23/h5-16,19,24,28-30,32H,17-18,20-21H2,1-4H3/t24-,29-,30-/m0/s1. The second-order valence-corrected chi connectivity index (χ2v) is 11.0. The highest BCUT2D eigenvalue weighted by atomic mass is 16.5. The third-order valence-electron chi connectivity index (χ3n) is 7.89. The number of ether oxygens (including phenoxy) is 1. The Bertz CT molecular complexity index is 1050. The summed E-state index contributed by atoms with van der Waals surface area (Å²) in [7, 11) is 1.78. The van der Waals surface area contributed by atoms with E-state index >= 15 is 0 Å². The van der Waals surface area contributed by atoms with E-state index in [1.165, 1.54) is 41.8 Å². The highest BCUT2D eigenvalue weighted by Crippen LogP contribution is 2.43. The highest BCUT2D eigenvalue weighted by Gasteiger charge is 2.49. The zero-order valence-electron chi connectivity index (χ0n) is 21.0. The molecule has 2 bridgehead atoms. The summed E-state index contributed by atoms with van der Waals surface area (Å²) in [6, 6.07) is 29.7. The van der Waals surface area contributed by atoms with Crippen LogP contribution < -0.4 is 10.1 Å². The van der Waals surface area contributed by atoms with Gasteiger partial charge < -0.3 is 10.1 Å². The molecule has 2 aliphatic heterocycles. The number of benzene rings is 3. The summed E-state index contributed by atoms with van der Waals surface area (Å²) in [4.78, 5) is 2.73. The normalized spacial score (nSPS) is 24.0. The molecule has 0 amide bonds. The predicted molar refractivity (Wildman–Crippen MR) is 141 cm³/mol. The summed E-state index contributed by atoms with van der Waals surface area (Å²) < 4.78 is 5.75. The van der Waals surface area contributed by atoms with E-state index in [0.29, 0.717) is 23.9 Å². The van der Waals surface area contributed by atoms with Gasteiger partial charge in [0.15, 0.2) is 0 Å². The molecule has 3 aromatic carbocycles. The van der Waals surface area contributed by atoms with Crippen molar-refractivity contribution in [2.45, 2.75) is 57.2 Å². The van der Waals surface area contributed by atoms with Crippen LogP contribution >= 0.6 is 0 Å². The van der Waals surface area contributed by atoms with Gasteiger partial charge in [0.1, 0.15) is 5.75 Å². The largest absolute Gasteiger partial charge is 0.496 e. The molecule has 3 nitrogen and oxygen atoms in total. The van der Waals surface area contributed by atoms with E-state index < -0.39 is 0 Å². The van der Waals surface area contributed by atoms with Crippen molar-refractivity contribution in [3.05, 3.63) is 101 Å². The molecule has 3 heteroatoms. The van der Waals surface area contributed by atoms with Crippen molar-refractivity contribution >= 4 is 0 Å². The van der Waals surface area contributed by atoms with Crippen molar-refractivity contribution < 1.29 is 4.74 Å². The Hall–Kier alpha value is -2.62. The molecule has 2 fully saturated rings. The van der Waals surface area contributed by atoms with E-state index in [4.69, 9.17) is 4.74 Å². The second kappa shape index (κ2) is 9.56. The Balaban J connectivity index is 1.46. The predicted octanol–water partition coefficient (Wildman–Crippen LogP) is 5.99. The molecule has 3 aromatic rings. The number of piperidine rings is 1. The lowest BCUT2D eigenvalue weighted by Gasteiger charge is -2.39. The topological polar surface area (TPSA) is 24.5 Å². The number of nitrogens with zero attached hydrogens (tertiary/aromatic N) is 1. The Morgan fingerprint density at radius 1 is 0.941 bits per heavy atom. The molecule has 0 aromatic heterocycles. The Morgan fingerprint density at radius 3 is 2.18 bits per heavy atom. The van der Waals surface area contributed by atoms with Crippen LogP contribution in [0.4, 0.5) is 0 Å². The van der Waals surface area contributed by atoms with Crippen molar-refractivity contribution in [3.8, 4) is 5.75 Å². The summed E-state index contributed by atoms with van der Waals surface area (Å²) in [5.74, 6) is 2.02. The lowest BCUT2D eigenvalue weighted by molar-refractivity contribution is 0.197. The summed E-state index contributed by atoms with van der Waals surface area (Å²) in [5.41, 5.74) is 5.54. The van der Waals surface area contributed by atoms with Crippen molar-refractivity contribution in [1.82, 2.24) is 10.2 Å². The smallest absolute Gasteiger partial charge is 0.123 e. The summed E-state index contributed by atoms with van der Waals surface area (Å²) >= 11 is 0. The van der Waals surface area contributed by atoms with Gasteiger partial charge in [0.2, 0.25) is 0 Å². The van der Waals surface area contributed by atoms with E-state index in [2.05, 4.69) is 110 Å². The van der Waals surface area contributed by atoms with Crippen LogP contribution in [-0.2, 0) is 12.0 Å². The van der Waals surface area contributed by atoms with Crippen molar-refractivity contribution in [1.29, 1.82) is 0 Å². The maximum Gasteiger partial charge on any atom is 0.123 e. The number of fused-ring (bicyclic) bond motifs is 2. The third kappa shape index (κ3) is 4.52. The van der Waals surface area contributed by atoms with E-state index in [-0.39, 0.29) is 5.41 Å². The molecule has 0 aliphatic carbocycles. The number of methoxy groups -OCH3 is 1. The van der Waals surface area contributed by atoms with Gasteiger partial charge in [0.05, 0.1) is 7.11 Å². The van der Waals surface area contributed by atoms with Crippen LogP contribution in [0, 0.1) is 5.92 Å². The zero-order valence-corrected chi connectivity index (χ0v) is 21.0. The fraction of sp³-hybridized carbons (Fsp3) is 0.419. The lowest BCUT2D eigenvalue weighted by Crippen LogP contribution is -2.51. The lowest BCUT2D eigenvalue weighted by atomic mass is 9.78. The fourth-order valence-corrected chi connectivity index (χ4v) is 6.11. The van der Waals surface area contributed by atoms with Crippen molar-refractivity contribution in [2.24, 2.45) is 5.92 Å². The average molecular weight is 455 g/mol. The van der Waals surface area contributed by atoms with Gasteiger partial charge in [-0.2, -0.15) is 0 Å². The van der Waals surface area contributed by atoms with Crippen molar-refractivity contribution in [3.63, 3.8) is 0 Å². The van der Waals surface area contributed by atoms with E-state index in [1.807, 2.05) is 0 Å². The molecular formula is C31H38N2O. The quantitative estimate of drug-likeness (QED) is 0.475. The minimum atomic E-state index is 0.118. The van der Waals surface area contributed by atoms with Gasteiger partial charge in [-0.3, -0.25) is 4.90 Å². The molecule has 2 aliphatic rings. The third-order valence-corrected chi connectivity index (χ3v) is 7.89.